The molecule has 0 saturated carbocycles. The van der Waals surface area contributed by atoms with Crippen LogP contribution in [0.3, 0.4) is 0 Å². The molecule has 0 saturated heterocycles. The van der Waals surface area contributed by atoms with E-state index in [1.807, 2.05) is 0 Å². The van der Waals surface area contributed by atoms with Crippen LogP contribution in [0.25, 0.3) is 0 Å². The normalized spacial score (nSPS) is 0. The Hall–Kier alpha value is 2.71. The van der Waals surface area contributed by atoms with Gasteiger partial charge in [0.15, 0.2) is 0 Å². The van der Waals surface area contributed by atoms with Gasteiger partial charge in [-0.2, -0.15) is 0 Å². The van der Waals surface area contributed by atoms with Crippen molar-refractivity contribution in [1.82, 2.24) is 0 Å². The largest absolute Gasteiger partial charge is 2.00 e. The van der Waals surface area contributed by atoms with E-state index in [2.05, 4.69) is 0 Å². The van der Waals surface area contributed by atoms with Gasteiger partial charge in [-0.3, -0.25) is 0 Å². The molecule has 0 N–H and O–H groups in total. The third kappa shape index (κ3) is 8.83. The fourth-order valence-corrected chi connectivity index (χ4v) is 0. The fourth-order valence-electron chi connectivity index (χ4n) is 0. The zero-order chi connectivity index (χ0) is 0. The van der Waals surface area contributed by atoms with Gasteiger partial charge in [0.2, 0.25) is 0 Å². The van der Waals surface area contributed by atoms with Crippen molar-refractivity contribution >= 4 is 69.2 Å². The molecule has 3 radical (unpaired) electrons. The first kappa shape index (κ1) is 29.8. The Morgan fingerprint density at radius 1 is 1.25 bits per heavy atom. The minimum absolute atomic E-state index is 0. The van der Waals surface area contributed by atoms with Crippen LogP contribution in [-0.2, 0) is 19.5 Å². The summed E-state index contributed by atoms with van der Waals surface area (Å²) in [6, 6.07) is 0. The van der Waals surface area contributed by atoms with Crippen LogP contribution >= 0.6 is 0 Å². The molecule has 0 aromatic heterocycles. The second-order valence-corrected chi connectivity index (χ2v) is 0. The Bertz CT molecular complexity index is 16.0. The van der Waals surface area contributed by atoms with Gasteiger partial charge in [0.25, 0.3) is 0 Å². The topological polar surface area (TPSA) is 0 Å². The van der Waals surface area contributed by atoms with Crippen LogP contribution in [0.2, 0.25) is 0 Å². The molecule has 0 aliphatic heterocycles. The van der Waals surface area contributed by atoms with Crippen LogP contribution in [0.1, 0.15) is 5.71 Å². The Morgan fingerprint density at radius 2 is 1.25 bits per heavy atom. The smallest absolute Gasteiger partial charge is 1.00 e. The van der Waals surface area contributed by atoms with Gasteiger partial charge in [-0.15, -0.1) is 0 Å². The fraction of sp³-hybridized carbons (Fsp3) is 0. The quantitative estimate of drug-likeness (QED) is 0.395. The summed E-state index contributed by atoms with van der Waals surface area (Å²) < 4.78 is 0. The molecule has 0 nitrogen and oxygen atoms in total. The summed E-state index contributed by atoms with van der Waals surface area (Å²) in [5.41, 5.74) is 0. The van der Waals surface area contributed by atoms with Crippen LogP contribution in [0.4, 0.5) is 0 Å². The van der Waals surface area contributed by atoms with Crippen molar-refractivity contribution in [1.29, 1.82) is 0 Å². The summed E-state index contributed by atoms with van der Waals surface area (Å²) in [5.74, 6) is 0. The van der Waals surface area contributed by atoms with Crippen LogP contribution in [0.15, 0.2) is 0 Å². The minimum atomic E-state index is 0. The molecule has 0 fully saturated rings. The van der Waals surface area contributed by atoms with E-state index in [1.165, 1.54) is 0 Å². The van der Waals surface area contributed by atoms with Gasteiger partial charge in [0, 0.05) is 27.9 Å². The van der Waals surface area contributed by atoms with E-state index in [4.69, 9.17) is 0 Å². The number of hydrogen-bond donors (Lipinski definition) is 0. The van der Waals surface area contributed by atoms with Gasteiger partial charge in [-0.25, -0.2) is 0 Å². The summed E-state index contributed by atoms with van der Waals surface area (Å²) in [6.45, 7) is 0. The average molecular weight is 145 g/mol. The van der Waals surface area contributed by atoms with Gasteiger partial charge in [0.1, 0.15) is 0 Å². The summed E-state index contributed by atoms with van der Waals surface area (Å²) in [4.78, 5) is 0. The molecule has 0 aliphatic rings. The first-order valence-corrected chi connectivity index (χ1v) is 0. The number of hydrogen-bond acceptors (Lipinski definition) is 0. The van der Waals surface area contributed by atoms with Crippen molar-refractivity contribution in [3.8, 4) is 0 Å². The summed E-state index contributed by atoms with van der Waals surface area (Å²) in [7, 11) is 0. The van der Waals surface area contributed by atoms with Crippen LogP contribution in [0.5, 0.6) is 0 Å². The summed E-state index contributed by atoms with van der Waals surface area (Å²) in [6.07, 6.45) is 0. The average Bonchev–Trinajstić information content (AvgIpc) is 0. The molecule has 0 aliphatic carbocycles. The monoisotopic (exact) mass is 143 g/mol. The predicted molar refractivity (Wildman–Crippen MR) is 21.7 cm³/mol. The van der Waals surface area contributed by atoms with Crippen molar-refractivity contribution < 1.29 is 25.2 Å². The Labute approximate surface area is 92.9 Å². The number of rotatable bonds is 0. The molecule has 0 atom stereocenters. The molecule has 0 bridgehead atoms. The summed E-state index contributed by atoms with van der Waals surface area (Å²) >= 11 is 0. The van der Waals surface area contributed by atoms with Gasteiger partial charge >= 0.3 is 60.8 Å². The van der Waals surface area contributed by atoms with E-state index < -0.39 is 0 Å². The first-order valence-electron chi connectivity index (χ1n) is 0. The maximum Gasteiger partial charge on any atom is 2.00 e. The Kier molecular flexibility index (Phi) is 128. The maximum atomic E-state index is 0. The molecule has 0 amide bonds. The van der Waals surface area contributed by atoms with E-state index in [0.717, 1.165) is 0 Å². The molecule has 0 spiro atoms. The van der Waals surface area contributed by atoms with Crippen molar-refractivity contribution in [2.45, 2.75) is 0 Å². The van der Waals surface area contributed by atoms with Crippen LogP contribution < -0.4 is 0 Å². The SMILES string of the molecule is [B].[Ca+2].[H-].[H-].[H-].[H-].[Mg+2].[Zn]. The Morgan fingerprint density at radius 3 is 1.25 bits per heavy atom. The first-order chi connectivity index (χ1) is 0. The van der Waals surface area contributed by atoms with Crippen molar-refractivity contribution in [3.63, 3.8) is 0 Å². The second-order valence-electron chi connectivity index (χ2n) is 0. The molecule has 13 valence electrons. The van der Waals surface area contributed by atoms with Gasteiger partial charge in [-0.05, 0) is 0 Å². The van der Waals surface area contributed by atoms with E-state index in [0.29, 0.717) is 0 Å². The summed E-state index contributed by atoms with van der Waals surface area (Å²) in [5, 5.41) is 0. The zero-order valence-electron chi connectivity index (χ0n) is 6.70. The van der Waals surface area contributed by atoms with Crippen LogP contribution in [-0.4, -0.2) is 69.2 Å². The predicted octanol–water partition coefficient (Wildman–Crippen LogP) is -0.695. The molecule has 0 unspecified atom stereocenters. The molecule has 4 heteroatoms. The second kappa shape index (κ2) is 17.2. The van der Waals surface area contributed by atoms with E-state index in [1.54, 1.807) is 0 Å². The third-order valence-corrected chi connectivity index (χ3v) is 0. The van der Waals surface area contributed by atoms with Gasteiger partial charge < -0.3 is 5.71 Å². The van der Waals surface area contributed by atoms with Crippen molar-refractivity contribution in [2.24, 2.45) is 0 Å². The molecule has 4 heavy (non-hydrogen) atoms. The molecule has 0 heterocycles. The maximum absolute atomic E-state index is 0. The zero-order valence-corrected chi connectivity index (χ0v) is 9.29. The van der Waals surface area contributed by atoms with Crippen LogP contribution in [0, 0.1) is 0 Å². The Balaban J connectivity index is 0. The van der Waals surface area contributed by atoms with E-state index in [-0.39, 0.29) is 94.4 Å². The van der Waals surface area contributed by atoms with E-state index in [9.17, 15) is 0 Å². The molecule has 0 aromatic rings. The van der Waals surface area contributed by atoms with Gasteiger partial charge in [-0.1, -0.05) is 0 Å². The van der Waals surface area contributed by atoms with E-state index >= 15 is 0 Å². The molecular formula is H4BCaMgZn. The van der Waals surface area contributed by atoms with Crippen molar-refractivity contribution in [2.75, 3.05) is 0 Å². The molecule has 0 aromatic carbocycles. The third-order valence-electron chi connectivity index (χ3n) is 0. The standard InChI is InChI=1S/B.Ca.Mg.Zn.4H/q;2*+2;;4*-1. The van der Waals surface area contributed by atoms with Gasteiger partial charge in [0.05, 0.1) is 0 Å². The van der Waals surface area contributed by atoms with Crippen molar-refractivity contribution in [3.05, 3.63) is 0 Å². The molecular weight excluding hydrogens is 141 g/mol. The minimum Gasteiger partial charge on any atom is -1.00 e. The molecule has 0 rings (SSSR count).